The Kier molecular flexibility index (Phi) is 7.00. The van der Waals surface area contributed by atoms with Crippen LogP contribution < -0.4 is 0 Å². The van der Waals surface area contributed by atoms with Gasteiger partial charge in [0.2, 0.25) is 0 Å². The van der Waals surface area contributed by atoms with Gasteiger partial charge in [0.1, 0.15) is 11.1 Å². The average Bonchev–Trinajstić information content (AvgIpc) is 3.82. The smallest absolute Gasteiger partial charge is 0.161 e. The fourth-order valence-electron chi connectivity index (χ4n) is 7.68. The molecule has 5 heteroatoms. The van der Waals surface area contributed by atoms with Crippen LogP contribution in [0.3, 0.4) is 0 Å². The number of hydrogen-bond donors (Lipinski definition) is 0. The third kappa shape index (κ3) is 5.01. The molecule has 0 aliphatic carbocycles. The van der Waals surface area contributed by atoms with Crippen LogP contribution in [0.2, 0.25) is 0 Å². The molecular formula is C49H29N3OS. The van der Waals surface area contributed by atoms with Crippen molar-refractivity contribution in [2.75, 3.05) is 0 Å². The molecule has 0 radical (unpaired) electrons. The molecule has 0 saturated heterocycles. The van der Waals surface area contributed by atoms with Crippen LogP contribution in [0.1, 0.15) is 0 Å². The number of para-hydroxylation sites is 1. The summed E-state index contributed by atoms with van der Waals surface area (Å²) in [4.78, 5) is 15.8. The van der Waals surface area contributed by atoms with Crippen molar-refractivity contribution < 1.29 is 4.42 Å². The van der Waals surface area contributed by atoms with E-state index in [0.29, 0.717) is 5.82 Å². The van der Waals surface area contributed by atoms with Crippen LogP contribution in [0.25, 0.3) is 109 Å². The highest BCUT2D eigenvalue weighted by atomic mass is 32.1. The lowest BCUT2D eigenvalue weighted by molar-refractivity contribution is 0.672. The van der Waals surface area contributed by atoms with E-state index in [4.69, 9.17) is 19.4 Å². The van der Waals surface area contributed by atoms with E-state index < -0.39 is 0 Å². The molecule has 11 rings (SSSR count). The zero-order chi connectivity index (χ0) is 35.6. The predicted octanol–water partition coefficient (Wildman–Crippen LogP) is 13.6. The lowest BCUT2D eigenvalue weighted by Crippen LogP contribution is -1.96. The van der Waals surface area contributed by atoms with Crippen molar-refractivity contribution in [3.05, 3.63) is 176 Å². The van der Waals surface area contributed by atoms with Gasteiger partial charge in [-0.15, -0.1) is 11.3 Å². The van der Waals surface area contributed by atoms with Gasteiger partial charge in [-0.2, -0.15) is 0 Å². The zero-order valence-electron chi connectivity index (χ0n) is 28.9. The number of nitrogens with zero attached hydrogens (tertiary/aromatic N) is 3. The predicted molar refractivity (Wildman–Crippen MR) is 225 cm³/mol. The fourth-order valence-corrected chi connectivity index (χ4v) is 8.91. The molecule has 0 spiro atoms. The number of pyridine rings is 1. The van der Waals surface area contributed by atoms with E-state index in [1.54, 1.807) is 0 Å². The number of furan rings is 1. The molecule has 0 bridgehead atoms. The van der Waals surface area contributed by atoms with Gasteiger partial charge in [0.15, 0.2) is 11.4 Å². The molecule has 0 unspecified atom stereocenters. The van der Waals surface area contributed by atoms with Crippen LogP contribution in [0, 0.1) is 0 Å². The monoisotopic (exact) mass is 707 g/mol. The Morgan fingerprint density at radius 2 is 1.06 bits per heavy atom. The van der Waals surface area contributed by atoms with Gasteiger partial charge in [0.05, 0.1) is 17.1 Å². The molecule has 4 nitrogen and oxygen atoms in total. The Labute approximate surface area is 314 Å². The Bertz CT molecular complexity index is 3220. The maximum atomic E-state index is 6.33. The van der Waals surface area contributed by atoms with Crippen LogP contribution in [-0.4, -0.2) is 15.0 Å². The van der Waals surface area contributed by atoms with Gasteiger partial charge < -0.3 is 4.42 Å². The molecule has 4 heterocycles. The van der Waals surface area contributed by atoms with E-state index in [0.717, 1.165) is 77.7 Å². The Hall–Kier alpha value is -6.95. The normalized spacial score (nSPS) is 11.7. The van der Waals surface area contributed by atoms with Gasteiger partial charge >= 0.3 is 0 Å². The number of hydrogen-bond acceptors (Lipinski definition) is 5. The molecule has 54 heavy (non-hydrogen) atoms. The summed E-state index contributed by atoms with van der Waals surface area (Å²) in [5.41, 5.74) is 11.6. The lowest BCUT2D eigenvalue weighted by atomic mass is 9.99. The van der Waals surface area contributed by atoms with Gasteiger partial charge in [0.25, 0.3) is 0 Å². The summed E-state index contributed by atoms with van der Waals surface area (Å²) in [7, 11) is 0. The zero-order valence-corrected chi connectivity index (χ0v) is 29.7. The molecule has 252 valence electrons. The maximum Gasteiger partial charge on any atom is 0.161 e. The first-order valence-electron chi connectivity index (χ1n) is 18.0. The van der Waals surface area contributed by atoms with Crippen molar-refractivity contribution in [1.82, 2.24) is 15.0 Å². The maximum absolute atomic E-state index is 6.33. The van der Waals surface area contributed by atoms with E-state index >= 15 is 0 Å². The Morgan fingerprint density at radius 1 is 0.407 bits per heavy atom. The van der Waals surface area contributed by atoms with Crippen molar-refractivity contribution in [2.45, 2.75) is 0 Å². The summed E-state index contributed by atoms with van der Waals surface area (Å²) in [6.07, 6.45) is 0. The number of benzene rings is 7. The standard InChI is InChI=1S/C49H29N3OS/c1-2-12-30(13-3-1)33-14-10-15-34(28-33)41-29-42(39-21-11-20-38-35-16-7-9-23-44(35)54-48(38)39)51-49(50-41)32-26-24-31(25-27-32)45-36-17-4-5-18-37(36)47-46(52-45)40-19-6-8-22-43(40)53-47/h1-29H. The highest BCUT2D eigenvalue weighted by Gasteiger charge is 2.18. The van der Waals surface area contributed by atoms with E-state index in [-0.39, 0.29) is 0 Å². The molecule has 0 aliphatic heterocycles. The summed E-state index contributed by atoms with van der Waals surface area (Å²) in [5.74, 6) is 0.673. The first-order valence-corrected chi connectivity index (χ1v) is 18.8. The number of fused-ring (bicyclic) bond motifs is 8. The fraction of sp³-hybridized carbons (Fsp3) is 0. The molecule has 0 atom stereocenters. The minimum atomic E-state index is 0.673. The van der Waals surface area contributed by atoms with Crippen molar-refractivity contribution in [2.24, 2.45) is 0 Å². The molecule has 0 amide bonds. The number of aromatic nitrogens is 3. The lowest BCUT2D eigenvalue weighted by Gasteiger charge is -2.12. The summed E-state index contributed by atoms with van der Waals surface area (Å²) < 4.78 is 8.82. The first kappa shape index (κ1) is 30.7. The van der Waals surface area contributed by atoms with Crippen molar-refractivity contribution >= 4 is 64.4 Å². The molecule has 0 fully saturated rings. The van der Waals surface area contributed by atoms with Gasteiger partial charge in [-0.1, -0.05) is 146 Å². The second-order valence-electron chi connectivity index (χ2n) is 13.5. The summed E-state index contributed by atoms with van der Waals surface area (Å²) in [5, 5.41) is 5.62. The van der Waals surface area contributed by atoms with Crippen molar-refractivity contribution in [1.29, 1.82) is 0 Å². The van der Waals surface area contributed by atoms with Crippen molar-refractivity contribution in [3.8, 4) is 56.3 Å². The van der Waals surface area contributed by atoms with Crippen molar-refractivity contribution in [3.63, 3.8) is 0 Å². The van der Waals surface area contributed by atoms with Crippen LogP contribution in [-0.2, 0) is 0 Å². The van der Waals surface area contributed by atoms with Crippen LogP contribution in [0.4, 0.5) is 0 Å². The van der Waals surface area contributed by atoms with Gasteiger partial charge in [-0.3, -0.25) is 0 Å². The second kappa shape index (κ2) is 12.3. The number of rotatable bonds is 5. The summed E-state index contributed by atoms with van der Waals surface area (Å²) in [6.45, 7) is 0. The van der Waals surface area contributed by atoms with Crippen LogP contribution in [0.5, 0.6) is 0 Å². The molecule has 4 aromatic heterocycles. The molecule has 0 saturated carbocycles. The minimum absolute atomic E-state index is 0.673. The summed E-state index contributed by atoms with van der Waals surface area (Å²) in [6, 6.07) is 61.4. The van der Waals surface area contributed by atoms with E-state index in [1.165, 1.54) is 25.7 Å². The largest absolute Gasteiger partial charge is 0.454 e. The molecule has 7 aromatic carbocycles. The van der Waals surface area contributed by atoms with Gasteiger partial charge in [-0.25, -0.2) is 15.0 Å². The minimum Gasteiger partial charge on any atom is -0.454 e. The number of thiophene rings is 1. The molecular weight excluding hydrogens is 679 g/mol. The first-order chi connectivity index (χ1) is 26.7. The molecule has 0 aliphatic rings. The Morgan fingerprint density at radius 3 is 1.93 bits per heavy atom. The third-order valence-electron chi connectivity index (χ3n) is 10.3. The van der Waals surface area contributed by atoms with E-state index in [9.17, 15) is 0 Å². The van der Waals surface area contributed by atoms with E-state index in [1.807, 2.05) is 35.6 Å². The SMILES string of the molecule is c1ccc(-c2cccc(-c3cc(-c4cccc5c4sc4ccccc45)nc(-c4ccc(-c5nc6c7ccccc7oc6c6ccccc56)cc4)n3)c2)cc1. The second-order valence-corrected chi connectivity index (χ2v) is 14.6. The highest BCUT2D eigenvalue weighted by Crippen LogP contribution is 2.41. The van der Waals surface area contributed by atoms with Gasteiger partial charge in [0, 0.05) is 58.6 Å². The third-order valence-corrected chi connectivity index (χ3v) is 11.5. The van der Waals surface area contributed by atoms with Gasteiger partial charge in [-0.05, 0) is 41.5 Å². The topological polar surface area (TPSA) is 51.8 Å². The molecule has 11 aromatic rings. The quantitative estimate of drug-likeness (QED) is 0.179. The average molecular weight is 708 g/mol. The van der Waals surface area contributed by atoms with Crippen LogP contribution in [0.15, 0.2) is 180 Å². The van der Waals surface area contributed by atoms with Crippen LogP contribution >= 0.6 is 11.3 Å². The Balaban J connectivity index is 1.08. The highest BCUT2D eigenvalue weighted by molar-refractivity contribution is 7.26. The molecule has 0 N–H and O–H groups in total. The summed E-state index contributed by atoms with van der Waals surface area (Å²) >= 11 is 1.81. The van der Waals surface area contributed by atoms with E-state index in [2.05, 4.69) is 152 Å².